The summed E-state index contributed by atoms with van der Waals surface area (Å²) in [6.45, 7) is 4.95. The number of ether oxygens (including phenoxy) is 1. The van der Waals surface area contributed by atoms with Crippen LogP contribution in [0.15, 0.2) is 35.1 Å². The van der Waals surface area contributed by atoms with Gasteiger partial charge in [-0.25, -0.2) is 9.97 Å². The van der Waals surface area contributed by atoms with E-state index >= 15 is 0 Å². The molecule has 0 aliphatic carbocycles. The van der Waals surface area contributed by atoms with E-state index in [0.717, 1.165) is 43.3 Å². The Morgan fingerprint density at radius 2 is 2.27 bits per heavy atom. The fraction of sp³-hybridized carbons (Fsp3) is 0.529. The molecule has 0 amide bonds. The topological polar surface area (TPSA) is 51.4 Å². The molecule has 0 bridgehead atoms. The smallest absolute Gasteiger partial charge is 0.118 e. The second-order valence-corrected chi connectivity index (χ2v) is 6.33. The molecule has 2 saturated heterocycles. The molecule has 5 heteroatoms. The van der Waals surface area contributed by atoms with Crippen molar-refractivity contribution >= 4 is 0 Å². The van der Waals surface area contributed by atoms with Crippen LogP contribution in [0.1, 0.15) is 36.2 Å². The molecule has 2 aliphatic heterocycles. The zero-order valence-electron chi connectivity index (χ0n) is 12.8. The van der Waals surface area contributed by atoms with Crippen molar-refractivity contribution in [3.8, 4) is 0 Å². The number of hydrogen-bond donors (Lipinski definition) is 0. The molecule has 5 nitrogen and oxygen atoms in total. The van der Waals surface area contributed by atoms with Crippen LogP contribution >= 0.6 is 0 Å². The maximum atomic E-state index is 6.26. The molecule has 0 aromatic carbocycles. The van der Waals surface area contributed by atoms with Gasteiger partial charge in [0.05, 0.1) is 18.3 Å². The third-order valence-electron chi connectivity index (χ3n) is 4.75. The minimum absolute atomic E-state index is 0.129. The molecule has 3 atom stereocenters. The Morgan fingerprint density at radius 3 is 3.05 bits per heavy atom. The molecule has 2 aromatic heterocycles. The van der Waals surface area contributed by atoms with Crippen molar-refractivity contribution in [3.05, 3.63) is 47.9 Å². The van der Waals surface area contributed by atoms with E-state index < -0.39 is 0 Å². The average molecular weight is 299 g/mol. The molecule has 0 N–H and O–H groups in total. The summed E-state index contributed by atoms with van der Waals surface area (Å²) in [5.41, 5.74) is 1.01. The zero-order chi connectivity index (χ0) is 14.9. The van der Waals surface area contributed by atoms with E-state index in [1.807, 2.05) is 19.1 Å². The predicted molar refractivity (Wildman–Crippen MR) is 81.1 cm³/mol. The average Bonchev–Trinajstić information content (AvgIpc) is 3.14. The monoisotopic (exact) mass is 299 g/mol. The van der Waals surface area contributed by atoms with Gasteiger partial charge in [-0.15, -0.1) is 0 Å². The van der Waals surface area contributed by atoms with Crippen LogP contribution in [0, 0.1) is 12.8 Å². The fourth-order valence-electron chi connectivity index (χ4n) is 3.61. The van der Waals surface area contributed by atoms with Crippen LogP contribution in [0.3, 0.4) is 0 Å². The Kier molecular flexibility index (Phi) is 3.68. The summed E-state index contributed by atoms with van der Waals surface area (Å²) in [6.07, 6.45) is 6.10. The van der Waals surface area contributed by atoms with Gasteiger partial charge >= 0.3 is 0 Å². The van der Waals surface area contributed by atoms with Crippen molar-refractivity contribution in [3.63, 3.8) is 0 Å². The lowest BCUT2D eigenvalue weighted by Crippen LogP contribution is -2.41. The number of piperidine rings is 1. The van der Waals surface area contributed by atoms with Crippen molar-refractivity contribution in [2.24, 2.45) is 5.92 Å². The lowest BCUT2D eigenvalue weighted by Gasteiger charge is -2.33. The molecule has 0 unspecified atom stereocenters. The van der Waals surface area contributed by atoms with Crippen LogP contribution < -0.4 is 0 Å². The summed E-state index contributed by atoms with van der Waals surface area (Å²) in [4.78, 5) is 10.8. The van der Waals surface area contributed by atoms with Gasteiger partial charge < -0.3 is 9.15 Å². The van der Waals surface area contributed by atoms with Gasteiger partial charge in [0.15, 0.2) is 0 Å². The van der Waals surface area contributed by atoms with Gasteiger partial charge in [-0.05, 0) is 50.4 Å². The molecule has 4 heterocycles. The van der Waals surface area contributed by atoms with Crippen LogP contribution in [0.4, 0.5) is 0 Å². The van der Waals surface area contributed by atoms with E-state index in [0.29, 0.717) is 12.0 Å². The third-order valence-corrected chi connectivity index (χ3v) is 4.75. The van der Waals surface area contributed by atoms with Crippen LogP contribution in [0.2, 0.25) is 0 Å². The lowest BCUT2D eigenvalue weighted by atomic mass is 9.91. The first-order valence-corrected chi connectivity index (χ1v) is 7.97. The summed E-state index contributed by atoms with van der Waals surface area (Å²) < 4.78 is 12.0. The molecule has 4 rings (SSSR count). The summed E-state index contributed by atoms with van der Waals surface area (Å²) in [5.74, 6) is 2.67. The number of rotatable bonds is 3. The quantitative estimate of drug-likeness (QED) is 0.872. The zero-order valence-corrected chi connectivity index (χ0v) is 12.8. The molecular weight excluding hydrogens is 278 g/mol. The Balaban J connectivity index is 1.39. The SMILES string of the molecule is Cc1ccc(CN2CC[C@H]3C[C@@H](c4ccncn4)O[C@@H]3C2)o1. The first kappa shape index (κ1) is 13.9. The molecule has 2 aliphatic rings. The molecule has 22 heavy (non-hydrogen) atoms. The lowest BCUT2D eigenvalue weighted by molar-refractivity contribution is -0.0120. The van der Waals surface area contributed by atoms with Gasteiger partial charge in [0.2, 0.25) is 0 Å². The highest BCUT2D eigenvalue weighted by molar-refractivity contribution is 5.08. The molecule has 2 aromatic rings. The number of hydrogen-bond acceptors (Lipinski definition) is 5. The van der Waals surface area contributed by atoms with Gasteiger partial charge in [-0.3, -0.25) is 4.90 Å². The van der Waals surface area contributed by atoms with E-state index in [1.54, 1.807) is 12.5 Å². The summed E-state index contributed by atoms with van der Waals surface area (Å²) in [7, 11) is 0. The minimum atomic E-state index is 0.129. The summed E-state index contributed by atoms with van der Waals surface area (Å²) in [6, 6.07) is 6.06. The number of likely N-dealkylation sites (tertiary alicyclic amines) is 1. The Bertz CT molecular complexity index is 628. The van der Waals surface area contributed by atoms with Crippen molar-refractivity contribution in [1.29, 1.82) is 0 Å². The predicted octanol–water partition coefficient (Wildman–Crippen LogP) is 2.73. The van der Waals surface area contributed by atoms with Gasteiger partial charge in [0.25, 0.3) is 0 Å². The van der Waals surface area contributed by atoms with E-state index in [4.69, 9.17) is 9.15 Å². The van der Waals surface area contributed by atoms with Crippen LogP contribution in [0.5, 0.6) is 0 Å². The molecule has 0 spiro atoms. The largest absolute Gasteiger partial charge is 0.465 e. The van der Waals surface area contributed by atoms with Gasteiger partial charge in [-0.2, -0.15) is 0 Å². The second kappa shape index (κ2) is 5.82. The van der Waals surface area contributed by atoms with Crippen LogP contribution in [-0.2, 0) is 11.3 Å². The molecule has 0 saturated carbocycles. The van der Waals surface area contributed by atoms with Crippen molar-refractivity contribution < 1.29 is 9.15 Å². The van der Waals surface area contributed by atoms with Gasteiger partial charge in [0, 0.05) is 12.7 Å². The van der Waals surface area contributed by atoms with E-state index in [2.05, 4.69) is 20.9 Å². The van der Waals surface area contributed by atoms with E-state index in [9.17, 15) is 0 Å². The number of furan rings is 1. The Morgan fingerprint density at radius 1 is 1.32 bits per heavy atom. The number of fused-ring (bicyclic) bond motifs is 1. The maximum absolute atomic E-state index is 6.26. The maximum Gasteiger partial charge on any atom is 0.118 e. The Hall–Kier alpha value is -1.72. The highest BCUT2D eigenvalue weighted by atomic mass is 16.5. The van der Waals surface area contributed by atoms with Crippen molar-refractivity contribution in [1.82, 2.24) is 14.9 Å². The molecule has 0 radical (unpaired) electrons. The number of nitrogens with zero attached hydrogens (tertiary/aromatic N) is 3. The molecule has 2 fully saturated rings. The first-order chi connectivity index (χ1) is 10.8. The van der Waals surface area contributed by atoms with E-state index in [-0.39, 0.29) is 6.10 Å². The Labute approximate surface area is 130 Å². The van der Waals surface area contributed by atoms with Crippen molar-refractivity contribution in [2.75, 3.05) is 13.1 Å². The van der Waals surface area contributed by atoms with Crippen LogP contribution in [0.25, 0.3) is 0 Å². The highest BCUT2D eigenvalue weighted by Gasteiger charge is 2.40. The first-order valence-electron chi connectivity index (χ1n) is 7.97. The van der Waals surface area contributed by atoms with E-state index in [1.165, 1.54) is 6.42 Å². The molecular formula is C17H21N3O2. The van der Waals surface area contributed by atoms with Crippen LogP contribution in [-0.4, -0.2) is 34.1 Å². The normalized spacial score (nSPS) is 28.7. The highest BCUT2D eigenvalue weighted by Crippen LogP contribution is 2.40. The summed E-state index contributed by atoms with van der Waals surface area (Å²) in [5, 5.41) is 0. The van der Waals surface area contributed by atoms with Crippen molar-refractivity contribution in [2.45, 2.75) is 38.5 Å². The standard InChI is InChI=1S/C17H21N3O2/c1-12-2-3-14(21-12)9-20-7-5-13-8-16(22-17(13)10-20)15-4-6-18-11-19-15/h2-4,6,11,13,16-17H,5,7-10H2,1H3/t13-,16-,17+/m0/s1. The van der Waals surface area contributed by atoms with Gasteiger partial charge in [-0.1, -0.05) is 0 Å². The number of aromatic nitrogens is 2. The third kappa shape index (κ3) is 2.78. The molecule has 116 valence electrons. The van der Waals surface area contributed by atoms with Gasteiger partial charge in [0.1, 0.15) is 24.0 Å². The minimum Gasteiger partial charge on any atom is -0.465 e. The number of aryl methyl sites for hydroxylation is 1. The summed E-state index contributed by atoms with van der Waals surface area (Å²) >= 11 is 0. The fourth-order valence-corrected chi connectivity index (χ4v) is 3.61. The second-order valence-electron chi connectivity index (χ2n) is 6.33.